The zero-order valence-corrected chi connectivity index (χ0v) is 27.1. The van der Waals surface area contributed by atoms with Crippen molar-refractivity contribution < 1.29 is 9.53 Å². The van der Waals surface area contributed by atoms with Gasteiger partial charge in [0, 0.05) is 58.1 Å². The molecule has 0 N–H and O–H groups in total. The quantitative estimate of drug-likeness (QED) is 0.301. The fourth-order valence-corrected chi connectivity index (χ4v) is 7.83. The molecule has 0 aliphatic carbocycles. The molecule has 1 spiro atoms. The van der Waals surface area contributed by atoms with Crippen molar-refractivity contribution in [2.45, 2.75) is 70.8 Å². The molecular weight excluding hydrogens is 556 g/mol. The molecule has 6 rings (SSSR count). The molecule has 3 aromatic rings. The number of rotatable bonds is 7. The molecule has 6 nitrogen and oxygen atoms in total. The average molecular weight is 609 g/mol. The van der Waals surface area contributed by atoms with Crippen LogP contribution >= 0.6 is 0 Å². The van der Waals surface area contributed by atoms with E-state index in [1.807, 2.05) is 12.4 Å². The number of aryl methyl sites for hydroxylation is 1. The summed E-state index contributed by atoms with van der Waals surface area (Å²) < 4.78 is 6.36. The van der Waals surface area contributed by atoms with Gasteiger partial charge < -0.3 is 14.5 Å². The second-order valence-corrected chi connectivity index (χ2v) is 13.8. The molecule has 45 heavy (non-hydrogen) atoms. The summed E-state index contributed by atoms with van der Waals surface area (Å²) in [4.78, 5) is 25.2. The van der Waals surface area contributed by atoms with Gasteiger partial charge in [0.2, 0.25) is 5.91 Å². The minimum atomic E-state index is 0.243. The van der Waals surface area contributed by atoms with Crippen LogP contribution in [-0.4, -0.2) is 78.0 Å². The Morgan fingerprint density at radius 3 is 2.36 bits per heavy atom. The van der Waals surface area contributed by atoms with Crippen molar-refractivity contribution in [1.29, 1.82) is 0 Å². The van der Waals surface area contributed by atoms with Crippen LogP contribution in [0.25, 0.3) is 0 Å². The van der Waals surface area contributed by atoms with Gasteiger partial charge in [-0.1, -0.05) is 55.0 Å². The van der Waals surface area contributed by atoms with E-state index in [1.165, 1.54) is 36.0 Å². The van der Waals surface area contributed by atoms with E-state index in [4.69, 9.17) is 4.74 Å². The summed E-state index contributed by atoms with van der Waals surface area (Å²) in [5, 5.41) is 0. The minimum absolute atomic E-state index is 0.243. The molecule has 6 heteroatoms. The number of para-hydroxylation sites is 1. The van der Waals surface area contributed by atoms with Crippen molar-refractivity contribution in [3.05, 3.63) is 95.8 Å². The van der Waals surface area contributed by atoms with E-state index in [1.54, 1.807) is 0 Å². The number of aromatic nitrogens is 1. The zero-order valence-electron chi connectivity index (χ0n) is 27.1. The van der Waals surface area contributed by atoms with Crippen LogP contribution in [-0.2, 0) is 24.2 Å². The number of piperidine rings is 2. The van der Waals surface area contributed by atoms with E-state index < -0.39 is 0 Å². The van der Waals surface area contributed by atoms with Gasteiger partial charge in [0.15, 0.2) is 0 Å². The lowest BCUT2D eigenvalue weighted by atomic mass is 9.73. The van der Waals surface area contributed by atoms with Gasteiger partial charge in [0.1, 0.15) is 12.4 Å². The van der Waals surface area contributed by atoms with Crippen molar-refractivity contribution >= 4 is 5.91 Å². The second-order valence-electron chi connectivity index (χ2n) is 13.8. The average Bonchev–Trinajstić information content (AvgIpc) is 3.08. The highest BCUT2D eigenvalue weighted by molar-refractivity contribution is 5.76. The van der Waals surface area contributed by atoms with Crippen molar-refractivity contribution in [1.82, 2.24) is 19.7 Å². The highest BCUT2D eigenvalue weighted by Crippen LogP contribution is 2.39. The van der Waals surface area contributed by atoms with Crippen LogP contribution in [0.2, 0.25) is 0 Å². The molecule has 0 unspecified atom stereocenters. The Labute approximate surface area is 270 Å². The third-order valence-electron chi connectivity index (χ3n) is 10.7. The van der Waals surface area contributed by atoms with Crippen molar-refractivity contribution in [3.8, 4) is 5.75 Å². The van der Waals surface area contributed by atoms with Gasteiger partial charge in [0.05, 0.1) is 0 Å². The highest BCUT2D eigenvalue weighted by Gasteiger charge is 2.37. The molecule has 0 saturated carbocycles. The highest BCUT2D eigenvalue weighted by atomic mass is 16.5. The molecule has 1 amide bonds. The molecule has 2 aromatic carbocycles. The van der Waals surface area contributed by atoms with Gasteiger partial charge in [-0.15, -0.1) is 0 Å². The number of pyridine rings is 1. The first-order valence-corrected chi connectivity index (χ1v) is 17.5. The van der Waals surface area contributed by atoms with Gasteiger partial charge in [-0.3, -0.25) is 14.7 Å². The van der Waals surface area contributed by atoms with Crippen LogP contribution in [0.1, 0.15) is 68.1 Å². The molecule has 0 bridgehead atoms. The number of hydrogen-bond donors (Lipinski definition) is 0. The standard InChI is InChI=1S/C39H52N4O2/c44-38(30-34-16-24-41(25-17-34)23-15-33-8-2-1-3-9-33)43-26-19-39(20-27-43)18-7-6-11-36-10-4-5-12-37(36)45-29-28-42(32-39)31-35-13-21-40-22-14-35/h1-5,8-10,12-14,21-22,34H,6-7,11,15-20,23-32H2. The maximum absolute atomic E-state index is 13.5. The first-order chi connectivity index (χ1) is 22.1. The van der Waals surface area contributed by atoms with Gasteiger partial charge in [0.25, 0.3) is 0 Å². The largest absolute Gasteiger partial charge is 0.492 e. The summed E-state index contributed by atoms with van der Waals surface area (Å²) >= 11 is 0. The number of carbonyl (C=O) groups is 1. The molecule has 0 radical (unpaired) electrons. The van der Waals surface area contributed by atoms with Gasteiger partial charge in [-0.05, 0) is 111 Å². The van der Waals surface area contributed by atoms with Crippen molar-refractivity contribution in [3.63, 3.8) is 0 Å². The lowest BCUT2D eigenvalue weighted by Crippen LogP contribution is -2.49. The SMILES string of the molecule is O=C(CC1CCN(CCc2ccccc2)CC1)N1CCC2(CCCCc3ccccc3OCCN(Cc3ccncc3)C2)CC1. The number of nitrogens with zero attached hydrogens (tertiary/aromatic N) is 4. The zero-order chi connectivity index (χ0) is 30.7. The summed E-state index contributed by atoms with van der Waals surface area (Å²) in [5.74, 6) is 1.96. The van der Waals surface area contributed by atoms with Crippen molar-refractivity contribution in [2.75, 3.05) is 52.4 Å². The fraction of sp³-hybridized carbons (Fsp3) is 0.538. The molecule has 2 saturated heterocycles. The molecule has 2 fully saturated rings. The van der Waals surface area contributed by atoms with Crippen molar-refractivity contribution in [2.24, 2.45) is 11.3 Å². The molecule has 240 valence electrons. The summed E-state index contributed by atoms with van der Waals surface area (Å²) in [5.41, 5.74) is 4.28. The van der Waals surface area contributed by atoms with E-state index in [9.17, 15) is 4.79 Å². The first-order valence-electron chi connectivity index (χ1n) is 17.5. The van der Waals surface area contributed by atoms with E-state index in [0.717, 1.165) is 103 Å². The van der Waals surface area contributed by atoms with Gasteiger partial charge >= 0.3 is 0 Å². The lowest BCUT2D eigenvalue weighted by molar-refractivity contribution is -0.135. The predicted octanol–water partition coefficient (Wildman–Crippen LogP) is 6.64. The molecule has 3 aliphatic heterocycles. The van der Waals surface area contributed by atoms with E-state index in [2.05, 4.69) is 86.4 Å². The third kappa shape index (κ3) is 9.17. The van der Waals surface area contributed by atoms with Crippen LogP contribution < -0.4 is 4.74 Å². The topological polar surface area (TPSA) is 48.9 Å². The van der Waals surface area contributed by atoms with E-state index in [0.29, 0.717) is 18.4 Å². The minimum Gasteiger partial charge on any atom is -0.492 e. The Bertz CT molecular complexity index is 1320. The lowest BCUT2D eigenvalue weighted by Gasteiger charge is -2.45. The Morgan fingerprint density at radius 1 is 0.800 bits per heavy atom. The predicted molar refractivity (Wildman–Crippen MR) is 181 cm³/mol. The maximum atomic E-state index is 13.5. The Morgan fingerprint density at radius 2 is 1.56 bits per heavy atom. The number of hydrogen-bond acceptors (Lipinski definition) is 5. The molecule has 1 aromatic heterocycles. The number of fused-ring (bicyclic) bond motifs is 1. The van der Waals surface area contributed by atoms with Crippen LogP contribution in [0.3, 0.4) is 0 Å². The van der Waals surface area contributed by atoms with Gasteiger partial charge in [-0.25, -0.2) is 0 Å². The summed E-state index contributed by atoms with van der Waals surface area (Å²) in [7, 11) is 0. The molecule has 0 atom stereocenters. The van der Waals surface area contributed by atoms with Crippen LogP contribution in [0.4, 0.5) is 0 Å². The summed E-state index contributed by atoms with van der Waals surface area (Å²) in [6.07, 6.45) is 14.8. The van der Waals surface area contributed by atoms with Crippen LogP contribution in [0, 0.1) is 11.3 Å². The van der Waals surface area contributed by atoms with E-state index >= 15 is 0 Å². The fourth-order valence-electron chi connectivity index (χ4n) is 7.83. The molecule has 3 aliphatic rings. The Kier molecular flexibility index (Phi) is 11.2. The van der Waals surface area contributed by atoms with Gasteiger partial charge in [-0.2, -0.15) is 0 Å². The second kappa shape index (κ2) is 15.9. The smallest absolute Gasteiger partial charge is 0.222 e. The third-order valence-corrected chi connectivity index (χ3v) is 10.7. The van der Waals surface area contributed by atoms with E-state index in [-0.39, 0.29) is 5.41 Å². The van der Waals surface area contributed by atoms with Crippen LogP contribution in [0.5, 0.6) is 5.75 Å². The molecule has 4 heterocycles. The van der Waals surface area contributed by atoms with Crippen LogP contribution in [0.15, 0.2) is 79.1 Å². The Hall–Kier alpha value is -3.22. The number of carbonyl (C=O) groups excluding carboxylic acids is 1. The normalized spacial score (nSPS) is 20.5. The number of likely N-dealkylation sites (tertiary alicyclic amines) is 2. The summed E-state index contributed by atoms with van der Waals surface area (Å²) in [6, 6.07) is 23.6. The number of benzene rings is 2. The maximum Gasteiger partial charge on any atom is 0.222 e. The first kappa shape index (κ1) is 31.7. The number of ether oxygens (including phenoxy) is 1. The number of amides is 1. The monoisotopic (exact) mass is 608 g/mol. The summed E-state index contributed by atoms with van der Waals surface area (Å²) in [6.45, 7) is 8.71. The Balaban J connectivity index is 1.03. The molecular formula is C39H52N4O2.